The summed E-state index contributed by atoms with van der Waals surface area (Å²) in [4.78, 5) is 32.7. The molecule has 0 N–H and O–H groups in total. The number of aromatic nitrogens is 1. The van der Waals surface area contributed by atoms with Gasteiger partial charge in [0.25, 0.3) is 5.56 Å². The number of thiazole rings is 1. The van der Waals surface area contributed by atoms with Gasteiger partial charge in [-0.1, -0.05) is 47.2 Å². The number of nitrogens with zero attached hydrogens (tertiary/aromatic N) is 2. The number of allylic oxidation sites excluding steroid dienone is 1. The molecule has 0 fully saturated rings. The number of methoxy groups -OCH3 is 1. The van der Waals surface area contributed by atoms with E-state index in [0.29, 0.717) is 41.6 Å². The number of esters is 1. The summed E-state index contributed by atoms with van der Waals surface area (Å²) in [5.41, 5.74) is 2.24. The van der Waals surface area contributed by atoms with Crippen molar-refractivity contribution < 1.29 is 19.0 Å². The quantitative estimate of drug-likeness (QED) is 0.222. The molecule has 0 saturated heterocycles. The summed E-state index contributed by atoms with van der Waals surface area (Å²) >= 11 is 12.6. The number of rotatable bonds is 8. The minimum atomic E-state index is -0.612. The molecule has 1 atom stereocenters. The zero-order chi connectivity index (χ0) is 28.4. The summed E-state index contributed by atoms with van der Waals surface area (Å²) in [7, 11) is 1.56. The fourth-order valence-corrected chi connectivity index (χ4v) is 7.02. The van der Waals surface area contributed by atoms with Gasteiger partial charge in [-0.3, -0.25) is 9.36 Å². The van der Waals surface area contributed by atoms with Crippen LogP contribution >= 0.6 is 50.2 Å². The van der Waals surface area contributed by atoms with E-state index in [9.17, 15) is 9.59 Å². The van der Waals surface area contributed by atoms with Crippen LogP contribution in [0.25, 0.3) is 6.08 Å². The molecule has 206 valence electrons. The highest BCUT2D eigenvalue weighted by Gasteiger charge is 2.33. The van der Waals surface area contributed by atoms with Gasteiger partial charge in [0.1, 0.15) is 12.6 Å². The summed E-state index contributed by atoms with van der Waals surface area (Å²) in [6.45, 7) is 4.01. The maximum atomic E-state index is 13.8. The van der Waals surface area contributed by atoms with Crippen LogP contribution in [0.1, 0.15) is 35.9 Å². The number of carbonyl (C=O) groups is 1. The molecule has 1 aliphatic heterocycles. The van der Waals surface area contributed by atoms with Crippen LogP contribution in [0, 0.1) is 0 Å². The Kier molecular flexibility index (Phi) is 8.60. The molecule has 0 bridgehead atoms. The number of ether oxygens (including phenoxy) is 3. The first-order valence-corrected chi connectivity index (χ1v) is 15.2. The third-order valence-corrected chi connectivity index (χ3v) is 9.07. The van der Waals surface area contributed by atoms with Crippen molar-refractivity contribution in [2.75, 3.05) is 13.7 Å². The second kappa shape index (κ2) is 12.1. The monoisotopic (exact) mass is 658 g/mol. The Morgan fingerprint density at radius 3 is 2.73 bits per heavy atom. The Morgan fingerprint density at radius 2 is 2.02 bits per heavy atom. The molecule has 1 aliphatic rings. The number of carbonyl (C=O) groups excluding carboxylic acids is 1. The van der Waals surface area contributed by atoms with Crippen LogP contribution in [0.4, 0.5) is 0 Å². The molecular weight excluding hydrogens is 636 g/mol. The fourth-order valence-electron chi connectivity index (χ4n) is 4.39. The lowest BCUT2D eigenvalue weighted by molar-refractivity contribution is -0.139. The standard InChI is InChI=1S/C29H24BrClN2O5S2/c1-4-37-28(35)24-16(2)32-29-33(25(24)22-10-7-11-39-22)27(34)23(40-29)14-17-12-19(30)26(21(13-17)36-3)38-15-18-8-5-6-9-20(18)31/h5-14,25H,4,15H2,1-3H3/b23-14-/t25-/m1/s1. The Bertz CT molecular complexity index is 1790. The summed E-state index contributed by atoms with van der Waals surface area (Å²) < 4.78 is 19.7. The Labute approximate surface area is 251 Å². The zero-order valence-electron chi connectivity index (χ0n) is 21.8. The molecule has 2 aromatic carbocycles. The Hall–Kier alpha value is -3.18. The number of hydrogen-bond donors (Lipinski definition) is 0. The van der Waals surface area contributed by atoms with Crippen LogP contribution in [-0.4, -0.2) is 24.3 Å². The molecule has 7 nitrogen and oxygen atoms in total. The normalized spacial score (nSPS) is 15.0. The number of thiophene rings is 1. The van der Waals surface area contributed by atoms with Crippen molar-refractivity contribution in [3.63, 3.8) is 0 Å². The predicted octanol–water partition coefficient (Wildman–Crippen LogP) is 5.86. The van der Waals surface area contributed by atoms with E-state index in [2.05, 4.69) is 20.9 Å². The lowest BCUT2D eigenvalue weighted by Gasteiger charge is -2.23. The van der Waals surface area contributed by atoms with Gasteiger partial charge >= 0.3 is 5.97 Å². The van der Waals surface area contributed by atoms with Crippen LogP contribution in [0.3, 0.4) is 0 Å². The summed E-state index contributed by atoms with van der Waals surface area (Å²) in [5.74, 6) is 0.545. The minimum absolute atomic E-state index is 0.228. The van der Waals surface area contributed by atoms with Gasteiger partial charge in [-0.15, -0.1) is 11.3 Å². The molecule has 0 spiro atoms. The van der Waals surface area contributed by atoms with E-state index in [1.165, 1.54) is 22.7 Å². The molecule has 40 heavy (non-hydrogen) atoms. The first-order chi connectivity index (χ1) is 19.3. The molecule has 3 heterocycles. The highest BCUT2D eigenvalue weighted by atomic mass is 79.9. The van der Waals surface area contributed by atoms with Gasteiger partial charge in [0.15, 0.2) is 16.3 Å². The number of benzene rings is 2. The number of fused-ring (bicyclic) bond motifs is 1. The molecule has 5 rings (SSSR count). The summed E-state index contributed by atoms with van der Waals surface area (Å²) in [5, 5.41) is 2.54. The van der Waals surface area contributed by atoms with Gasteiger partial charge in [0, 0.05) is 15.5 Å². The van der Waals surface area contributed by atoms with Gasteiger partial charge in [-0.2, -0.15) is 0 Å². The fraction of sp³-hybridized carbons (Fsp3) is 0.207. The van der Waals surface area contributed by atoms with E-state index in [1.807, 2.05) is 47.8 Å². The minimum Gasteiger partial charge on any atom is -0.493 e. The van der Waals surface area contributed by atoms with Crippen LogP contribution in [0.5, 0.6) is 11.5 Å². The van der Waals surface area contributed by atoms with Gasteiger partial charge in [-0.05, 0) is 71.1 Å². The van der Waals surface area contributed by atoms with E-state index in [1.54, 1.807) is 37.7 Å². The SMILES string of the molecule is CCOC(=O)C1=C(C)N=c2s/c(=C\c3cc(Br)c(OCc4ccccc4Cl)c(OC)c3)c(=O)n2[C@@H]1c1cccs1. The molecule has 4 aromatic rings. The van der Waals surface area contributed by atoms with Crippen molar-refractivity contribution in [3.05, 3.63) is 110 Å². The van der Waals surface area contributed by atoms with E-state index < -0.39 is 12.0 Å². The maximum absolute atomic E-state index is 13.8. The average Bonchev–Trinajstić information content (AvgIpc) is 3.56. The third kappa shape index (κ3) is 5.54. The van der Waals surface area contributed by atoms with Crippen LogP contribution in [0.15, 0.2) is 79.4 Å². The molecule has 0 radical (unpaired) electrons. The molecule has 0 saturated carbocycles. The third-order valence-electron chi connectivity index (χ3n) is 6.21. The predicted molar refractivity (Wildman–Crippen MR) is 161 cm³/mol. The molecule has 0 aliphatic carbocycles. The highest BCUT2D eigenvalue weighted by Crippen LogP contribution is 2.38. The second-order valence-corrected chi connectivity index (χ2v) is 12.0. The molecule has 0 unspecified atom stereocenters. The zero-order valence-corrected chi connectivity index (χ0v) is 25.7. The molecule has 11 heteroatoms. The largest absolute Gasteiger partial charge is 0.493 e. The van der Waals surface area contributed by atoms with Crippen molar-refractivity contribution in [2.45, 2.75) is 26.5 Å². The summed E-state index contributed by atoms with van der Waals surface area (Å²) in [6.07, 6.45) is 1.78. The molecule has 2 aromatic heterocycles. The van der Waals surface area contributed by atoms with Crippen molar-refractivity contribution in [2.24, 2.45) is 4.99 Å². The van der Waals surface area contributed by atoms with Crippen LogP contribution < -0.4 is 24.4 Å². The van der Waals surface area contributed by atoms with Crippen LogP contribution in [0.2, 0.25) is 5.02 Å². The topological polar surface area (TPSA) is 79.1 Å². The van der Waals surface area contributed by atoms with Gasteiger partial charge < -0.3 is 14.2 Å². The molecular formula is C29H24BrClN2O5S2. The molecule has 0 amide bonds. The first-order valence-electron chi connectivity index (χ1n) is 12.3. The second-order valence-electron chi connectivity index (χ2n) is 8.73. The van der Waals surface area contributed by atoms with Gasteiger partial charge in [-0.25, -0.2) is 9.79 Å². The Balaban J connectivity index is 1.56. The van der Waals surface area contributed by atoms with Gasteiger partial charge in [0.2, 0.25) is 0 Å². The first kappa shape index (κ1) is 28.4. The lowest BCUT2D eigenvalue weighted by atomic mass is 10.0. The average molecular weight is 660 g/mol. The van der Waals surface area contributed by atoms with Crippen molar-refractivity contribution >= 4 is 62.2 Å². The lowest BCUT2D eigenvalue weighted by Crippen LogP contribution is -2.39. The maximum Gasteiger partial charge on any atom is 0.338 e. The van der Waals surface area contributed by atoms with E-state index in [0.717, 1.165) is 16.0 Å². The van der Waals surface area contributed by atoms with Crippen molar-refractivity contribution in [1.29, 1.82) is 0 Å². The van der Waals surface area contributed by atoms with Crippen LogP contribution in [-0.2, 0) is 16.1 Å². The van der Waals surface area contributed by atoms with E-state index in [-0.39, 0.29) is 18.8 Å². The van der Waals surface area contributed by atoms with E-state index >= 15 is 0 Å². The number of hydrogen-bond acceptors (Lipinski definition) is 8. The van der Waals surface area contributed by atoms with E-state index in [4.69, 9.17) is 25.8 Å². The van der Waals surface area contributed by atoms with Crippen molar-refractivity contribution in [1.82, 2.24) is 4.57 Å². The number of halogens is 2. The smallest absolute Gasteiger partial charge is 0.338 e. The van der Waals surface area contributed by atoms with Crippen molar-refractivity contribution in [3.8, 4) is 11.5 Å². The highest BCUT2D eigenvalue weighted by molar-refractivity contribution is 9.10. The summed E-state index contributed by atoms with van der Waals surface area (Å²) in [6, 6.07) is 14.3. The Morgan fingerprint density at radius 1 is 1.23 bits per heavy atom. The van der Waals surface area contributed by atoms with Gasteiger partial charge in [0.05, 0.1) is 34.0 Å².